The zero-order chi connectivity index (χ0) is 18.7. The average Bonchev–Trinajstić information content (AvgIpc) is 3.02. The van der Waals surface area contributed by atoms with Crippen molar-refractivity contribution in [2.75, 3.05) is 33.7 Å². The maximum absolute atomic E-state index is 12.8. The third-order valence-electron chi connectivity index (χ3n) is 5.13. The van der Waals surface area contributed by atoms with Crippen LogP contribution in [0.3, 0.4) is 0 Å². The maximum Gasteiger partial charge on any atom is 0.274 e. The normalized spacial score (nSPS) is 15.7. The largest absolute Gasteiger partial charge is 0.337 e. The van der Waals surface area contributed by atoms with E-state index in [1.54, 1.807) is 4.68 Å². The van der Waals surface area contributed by atoms with Crippen molar-refractivity contribution in [1.82, 2.24) is 19.6 Å². The lowest BCUT2D eigenvalue weighted by atomic mass is 9.93. The first-order valence-electron chi connectivity index (χ1n) is 9.18. The number of rotatable bonds is 5. The third-order valence-corrected chi connectivity index (χ3v) is 5.38. The lowest BCUT2D eigenvalue weighted by Gasteiger charge is -2.32. The summed E-state index contributed by atoms with van der Waals surface area (Å²) in [6.45, 7) is 2.76. The summed E-state index contributed by atoms with van der Waals surface area (Å²) in [7, 11) is 6.09. The predicted molar refractivity (Wildman–Crippen MR) is 105 cm³/mol. The fraction of sp³-hybridized carbons (Fsp3) is 0.500. The van der Waals surface area contributed by atoms with E-state index in [1.165, 1.54) is 6.42 Å². The Hall–Kier alpha value is -1.85. The Morgan fingerprint density at radius 3 is 2.50 bits per heavy atom. The highest BCUT2D eigenvalue weighted by Gasteiger charge is 2.25. The Morgan fingerprint density at radius 2 is 1.88 bits per heavy atom. The van der Waals surface area contributed by atoms with E-state index >= 15 is 0 Å². The predicted octanol–water partition coefficient (Wildman–Crippen LogP) is 3.54. The molecule has 6 heteroatoms. The van der Waals surface area contributed by atoms with Gasteiger partial charge in [-0.2, -0.15) is 5.10 Å². The number of carbonyl (C=O) groups is 1. The molecule has 0 atom stereocenters. The van der Waals surface area contributed by atoms with Gasteiger partial charge in [0.1, 0.15) is 0 Å². The molecule has 1 aromatic carbocycles. The van der Waals surface area contributed by atoms with Gasteiger partial charge in [0.05, 0.1) is 5.69 Å². The van der Waals surface area contributed by atoms with Crippen LogP contribution in [0.5, 0.6) is 0 Å². The summed E-state index contributed by atoms with van der Waals surface area (Å²) in [5, 5.41) is 5.15. The summed E-state index contributed by atoms with van der Waals surface area (Å²) in [6, 6.07) is 9.48. The number of hydrogen-bond donors (Lipinski definition) is 0. The van der Waals surface area contributed by atoms with Crippen LogP contribution in [0.2, 0.25) is 5.02 Å². The SMILES string of the molecule is CN(C)CCC1CCN(C(=O)c2cc(-c3ccc(Cl)cc3)n(C)n2)CC1. The Morgan fingerprint density at radius 1 is 1.23 bits per heavy atom. The van der Waals surface area contributed by atoms with E-state index in [4.69, 9.17) is 11.6 Å². The minimum Gasteiger partial charge on any atom is -0.337 e. The highest BCUT2D eigenvalue weighted by molar-refractivity contribution is 6.30. The van der Waals surface area contributed by atoms with Gasteiger partial charge in [-0.3, -0.25) is 9.48 Å². The van der Waals surface area contributed by atoms with Gasteiger partial charge in [0.2, 0.25) is 0 Å². The zero-order valence-electron chi connectivity index (χ0n) is 15.8. The number of likely N-dealkylation sites (tertiary alicyclic amines) is 1. The minimum atomic E-state index is 0.0341. The van der Waals surface area contributed by atoms with E-state index in [-0.39, 0.29) is 5.91 Å². The van der Waals surface area contributed by atoms with Crippen LogP contribution in [0.25, 0.3) is 11.3 Å². The Labute approximate surface area is 160 Å². The second kappa shape index (κ2) is 8.23. The molecule has 1 amide bonds. The molecular weight excluding hydrogens is 348 g/mol. The molecule has 2 aromatic rings. The maximum atomic E-state index is 12.8. The molecule has 0 saturated carbocycles. The third kappa shape index (κ3) is 4.46. The standard InChI is InChI=1S/C20H27ClN4O/c1-23(2)11-8-15-9-12-25(13-10-15)20(26)18-14-19(24(3)22-18)16-4-6-17(21)7-5-16/h4-7,14-15H,8-13H2,1-3H3. The Bertz CT molecular complexity index is 746. The summed E-state index contributed by atoms with van der Waals surface area (Å²) in [6.07, 6.45) is 3.37. The van der Waals surface area contributed by atoms with Crippen molar-refractivity contribution in [3.8, 4) is 11.3 Å². The van der Waals surface area contributed by atoms with Crippen LogP contribution in [0.1, 0.15) is 29.8 Å². The summed E-state index contributed by atoms with van der Waals surface area (Å²) in [5.41, 5.74) is 2.45. The van der Waals surface area contributed by atoms with Gasteiger partial charge in [0.15, 0.2) is 5.69 Å². The summed E-state index contributed by atoms with van der Waals surface area (Å²) in [4.78, 5) is 17.0. The van der Waals surface area contributed by atoms with Gasteiger partial charge in [-0.1, -0.05) is 23.7 Å². The van der Waals surface area contributed by atoms with Crippen LogP contribution in [-0.2, 0) is 7.05 Å². The monoisotopic (exact) mass is 374 g/mol. The number of piperidine rings is 1. The number of aromatic nitrogens is 2. The molecule has 3 rings (SSSR count). The molecule has 1 aliphatic rings. The van der Waals surface area contributed by atoms with Crippen LogP contribution in [0.4, 0.5) is 0 Å². The summed E-state index contributed by atoms with van der Waals surface area (Å²) >= 11 is 5.96. The van der Waals surface area contributed by atoms with Crippen LogP contribution in [0.15, 0.2) is 30.3 Å². The van der Waals surface area contributed by atoms with Crippen molar-refractivity contribution in [1.29, 1.82) is 0 Å². The number of benzene rings is 1. The molecular formula is C20H27ClN4O. The lowest BCUT2D eigenvalue weighted by molar-refractivity contribution is 0.0676. The number of amides is 1. The molecule has 0 aliphatic carbocycles. The molecule has 2 heterocycles. The summed E-state index contributed by atoms with van der Waals surface area (Å²) < 4.78 is 1.76. The number of nitrogens with zero attached hydrogens (tertiary/aromatic N) is 4. The number of aryl methyl sites for hydroxylation is 1. The first-order chi connectivity index (χ1) is 12.4. The van der Waals surface area contributed by atoms with E-state index in [0.717, 1.165) is 49.7 Å². The van der Waals surface area contributed by atoms with Gasteiger partial charge in [0.25, 0.3) is 5.91 Å². The van der Waals surface area contributed by atoms with E-state index in [9.17, 15) is 4.79 Å². The van der Waals surface area contributed by atoms with Crippen LogP contribution < -0.4 is 0 Å². The van der Waals surface area contributed by atoms with Crippen molar-refractivity contribution in [3.05, 3.63) is 41.0 Å². The molecule has 0 spiro atoms. The average molecular weight is 375 g/mol. The van der Waals surface area contributed by atoms with Crippen LogP contribution in [-0.4, -0.2) is 59.2 Å². The highest BCUT2D eigenvalue weighted by Crippen LogP contribution is 2.25. The molecule has 0 unspecified atom stereocenters. The van der Waals surface area contributed by atoms with E-state index < -0.39 is 0 Å². The van der Waals surface area contributed by atoms with Crippen LogP contribution >= 0.6 is 11.6 Å². The van der Waals surface area contributed by atoms with E-state index in [1.807, 2.05) is 42.3 Å². The number of carbonyl (C=O) groups excluding carboxylic acids is 1. The molecule has 0 bridgehead atoms. The quantitative estimate of drug-likeness (QED) is 0.803. The fourth-order valence-electron chi connectivity index (χ4n) is 3.49. The molecule has 26 heavy (non-hydrogen) atoms. The van der Waals surface area contributed by atoms with Gasteiger partial charge in [-0.15, -0.1) is 0 Å². The Balaban J connectivity index is 1.64. The number of halogens is 1. The van der Waals surface area contributed by atoms with Crippen molar-refractivity contribution in [2.45, 2.75) is 19.3 Å². The first kappa shape index (κ1) is 18.9. The van der Waals surface area contributed by atoms with Crippen molar-refractivity contribution in [2.24, 2.45) is 13.0 Å². The van der Waals surface area contributed by atoms with Gasteiger partial charge in [-0.25, -0.2) is 0 Å². The van der Waals surface area contributed by atoms with E-state index in [2.05, 4.69) is 24.1 Å². The molecule has 1 saturated heterocycles. The molecule has 1 aromatic heterocycles. The molecule has 1 aliphatic heterocycles. The van der Waals surface area contributed by atoms with E-state index in [0.29, 0.717) is 10.7 Å². The Kier molecular flexibility index (Phi) is 5.99. The minimum absolute atomic E-state index is 0.0341. The molecule has 0 N–H and O–H groups in total. The molecule has 5 nitrogen and oxygen atoms in total. The smallest absolute Gasteiger partial charge is 0.274 e. The van der Waals surface area contributed by atoms with Gasteiger partial charge < -0.3 is 9.80 Å². The second-order valence-electron chi connectivity index (χ2n) is 7.37. The molecule has 0 radical (unpaired) electrons. The fourth-order valence-corrected chi connectivity index (χ4v) is 3.62. The van der Waals surface area contributed by atoms with Crippen molar-refractivity contribution in [3.63, 3.8) is 0 Å². The van der Waals surface area contributed by atoms with Gasteiger partial charge >= 0.3 is 0 Å². The lowest BCUT2D eigenvalue weighted by Crippen LogP contribution is -2.39. The molecule has 140 valence electrons. The highest BCUT2D eigenvalue weighted by atomic mass is 35.5. The summed E-state index contributed by atoms with van der Waals surface area (Å²) in [5.74, 6) is 0.752. The van der Waals surface area contributed by atoms with Gasteiger partial charge in [-0.05, 0) is 69.6 Å². The first-order valence-corrected chi connectivity index (χ1v) is 9.56. The zero-order valence-corrected chi connectivity index (χ0v) is 16.5. The molecule has 1 fully saturated rings. The van der Waals surface area contributed by atoms with Crippen molar-refractivity contribution < 1.29 is 4.79 Å². The number of hydrogen-bond acceptors (Lipinski definition) is 3. The second-order valence-corrected chi connectivity index (χ2v) is 7.81. The van der Waals surface area contributed by atoms with Crippen molar-refractivity contribution >= 4 is 17.5 Å². The van der Waals surface area contributed by atoms with Gasteiger partial charge in [0, 0.05) is 25.2 Å². The van der Waals surface area contributed by atoms with Crippen LogP contribution in [0, 0.1) is 5.92 Å². The topological polar surface area (TPSA) is 41.4 Å².